The molecular formula is C22H21F2NO5. The summed E-state index contributed by atoms with van der Waals surface area (Å²) in [5.41, 5.74) is 1.18. The van der Waals surface area contributed by atoms with Crippen molar-refractivity contribution in [3.63, 3.8) is 0 Å². The molecule has 1 aliphatic carbocycles. The van der Waals surface area contributed by atoms with E-state index in [4.69, 9.17) is 14.2 Å². The molecule has 0 radical (unpaired) electrons. The van der Waals surface area contributed by atoms with Crippen LogP contribution in [0.3, 0.4) is 0 Å². The molecule has 0 unspecified atom stereocenters. The SMILES string of the molecule is COc1cc(C=CC(=O)Nc2ccc3c(c2)OC2(CCCC2)O3)ccc1OC(F)F. The predicted molar refractivity (Wildman–Crippen MR) is 106 cm³/mol. The number of hydrogen-bond acceptors (Lipinski definition) is 5. The number of anilines is 1. The third kappa shape index (κ3) is 4.32. The van der Waals surface area contributed by atoms with Gasteiger partial charge in [0, 0.05) is 30.7 Å². The second-order valence-corrected chi connectivity index (χ2v) is 7.09. The number of hydrogen-bond donors (Lipinski definition) is 1. The predicted octanol–water partition coefficient (Wildman–Crippen LogP) is 4.99. The quantitative estimate of drug-likeness (QED) is 0.671. The lowest BCUT2D eigenvalue weighted by atomic mass is 10.2. The number of alkyl halides is 2. The second kappa shape index (κ2) is 8.22. The lowest BCUT2D eigenvalue weighted by molar-refractivity contribution is -0.111. The highest BCUT2D eigenvalue weighted by molar-refractivity contribution is 6.02. The van der Waals surface area contributed by atoms with Crippen molar-refractivity contribution in [2.45, 2.75) is 38.1 Å². The second-order valence-electron chi connectivity index (χ2n) is 7.09. The number of benzene rings is 2. The van der Waals surface area contributed by atoms with Gasteiger partial charge in [-0.25, -0.2) is 0 Å². The van der Waals surface area contributed by atoms with E-state index in [0.717, 1.165) is 25.7 Å². The summed E-state index contributed by atoms with van der Waals surface area (Å²) in [6.07, 6.45) is 6.74. The van der Waals surface area contributed by atoms with E-state index in [1.165, 1.54) is 25.3 Å². The van der Waals surface area contributed by atoms with Gasteiger partial charge >= 0.3 is 6.61 Å². The first-order valence-corrected chi connectivity index (χ1v) is 9.60. The number of amides is 1. The Kier molecular flexibility index (Phi) is 5.48. The van der Waals surface area contributed by atoms with Crippen LogP contribution in [0.25, 0.3) is 6.08 Å². The number of nitrogens with one attached hydrogen (secondary N) is 1. The number of fused-ring (bicyclic) bond motifs is 1. The molecule has 2 aromatic rings. The Balaban J connectivity index is 1.40. The Morgan fingerprint density at radius 1 is 1.10 bits per heavy atom. The van der Waals surface area contributed by atoms with E-state index in [9.17, 15) is 13.6 Å². The Morgan fingerprint density at radius 2 is 1.87 bits per heavy atom. The Bertz CT molecular complexity index is 970. The van der Waals surface area contributed by atoms with Crippen LogP contribution < -0.4 is 24.3 Å². The third-order valence-electron chi connectivity index (χ3n) is 5.00. The molecule has 0 atom stereocenters. The van der Waals surface area contributed by atoms with Gasteiger partial charge in [0.1, 0.15) is 0 Å². The Morgan fingerprint density at radius 3 is 2.60 bits per heavy atom. The zero-order valence-electron chi connectivity index (χ0n) is 16.3. The smallest absolute Gasteiger partial charge is 0.387 e. The number of halogens is 2. The van der Waals surface area contributed by atoms with Crippen molar-refractivity contribution in [1.82, 2.24) is 0 Å². The number of carbonyl (C=O) groups is 1. The summed E-state index contributed by atoms with van der Waals surface area (Å²) in [6.45, 7) is -2.95. The standard InChI is InChI=1S/C22H21F2NO5/c1-27-18-12-14(4-7-16(18)28-21(23)24)5-9-20(26)25-15-6-8-17-19(13-15)30-22(29-17)10-2-3-11-22/h4-9,12-13,21H,2-3,10-11H2,1H3,(H,25,26). The minimum atomic E-state index is -2.95. The van der Waals surface area contributed by atoms with E-state index in [1.807, 2.05) is 0 Å². The van der Waals surface area contributed by atoms with Crippen LogP contribution in [-0.2, 0) is 4.79 Å². The van der Waals surface area contributed by atoms with Crippen LogP contribution >= 0.6 is 0 Å². The van der Waals surface area contributed by atoms with Gasteiger partial charge in [0.25, 0.3) is 5.79 Å². The zero-order chi connectivity index (χ0) is 21.1. The summed E-state index contributed by atoms with van der Waals surface area (Å²) in [6, 6.07) is 9.69. The van der Waals surface area contributed by atoms with Crippen LogP contribution in [0.2, 0.25) is 0 Å². The van der Waals surface area contributed by atoms with E-state index in [-0.39, 0.29) is 17.4 Å². The molecule has 8 heteroatoms. The molecule has 6 nitrogen and oxygen atoms in total. The highest BCUT2D eigenvalue weighted by atomic mass is 19.3. The molecule has 1 saturated carbocycles. The van der Waals surface area contributed by atoms with E-state index in [0.29, 0.717) is 22.7 Å². The topological polar surface area (TPSA) is 66.0 Å². The minimum absolute atomic E-state index is 0.0745. The molecule has 158 valence electrons. The maximum Gasteiger partial charge on any atom is 0.387 e. The average Bonchev–Trinajstić information content (AvgIpc) is 3.32. The molecule has 0 bridgehead atoms. The van der Waals surface area contributed by atoms with Crippen LogP contribution in [0.1, 0.15) is 31.2 Å². The number of carbonyl (C=O) groups excluding carboxylic acids is 1. The van der Waals surface area contributed by atoms with Crippen LogP contribution in [0.4, 0.5) is 14.5 Å². The molecule has 1 spiro atoms. The summed E-state index contributed by atoms with van der Waals surface area (Å²) in [4.78, 5) is 12.3. The largest absolute Gasteiger partial charge is 0.493 e. The highest BCUT2D eigenvalue weighted by Gasteiger charge is 2.44. The van der Waals surface area contributed by atoms with E-state index >= 15 is 0 Å². The monoisotopic (exact) mass is 417 g/mol. The number of rotatable bonds is 6. The average molecular weight is 417 g/mol. The van der Waals surface area contributed by atoms with Crippen molar-refractivity contribution in [3.8, 4) is 23.0 Å². The fourth-order valence-corrected chi connectivity index (χ4v) is 3.63. The lowest BCUT2D eigenvalue weighted by Crippen LogP contribution is -2.34. The molecule has 2 aromatic carbocycles. The maximum absolute atomic E-state index is 12.4. The third-order valence-corrected chi connectivity index (χ3v) is 5.00. The van der Waals surface area contributed by atoms with Crippen LogP contribution in [0.5, 0.6) is 23.0 Å². The first kappa shape index (κ1) is 20.0. The summed E-state index contributed by atoms with van der Waals surface area (Å²) in [7, 11) is 1.35. The fraction of sp³-hybridized carbons (Fsp3) is 0.318. The van der Waals surface area contributed by atoms with E-state index in [1.54, 1.807) is 30.3 Å². The highest BCUT2D eigenvalue weighted by Crippen LogP contribution is 2.47. The number of ether oxygens (including phenoxy) is 4. The van der Waals surface area contributed by atoms with Gasteiger partial charge in [-0.05, 0) is 48.7 Å². The first-order chi connectivity index (χ1) is 14.5. The molecule has 4 rings (SSSR count). The molecule has 1 heterocycles. The van der Waals surface area contributed by atoms with Crippen molar-refractivity contribution < 1.29 is 32.5 Å². The molecule has 1 amide bonds. The normalized spacial score (nSPS) is 16.4. The molecule has 0 saturated heterocycles. The van der Waals surface area contributed by atoms with Gasteiger partial charge in [-0.1, -0.05) is 6.07 Å². The minimum Gasteiger partial charge on any atom is -0.493 e. The van der Waals surface area contributed by atoms with Gasteiger partial charge in [-0.15, -0.1) is 0 Å². The van der Waals surface area contributed by atoms with Crippen LogP contribution in [0, 0.1) is 0 Å². The van der Waals surface area contributed by atoms with Gasteiger partial charge in [0.2, 0.25) is 5.91 Å². The summed E-state index contributed by atoms with van der Waals surface area (Å²) in [5, 5.41) is 2.77. The summed E-state index contributed by atoms with van der Waals surface area (Å²) in [5.74, 6) is 0.478. The van der Waals surface area contributed by atoms with Crippen LogP contribution in [0.15, 0.2) is 42.5 Å². The van der Waals surface area contributed by atoms with Crippen molar-refractivity contribution in [2.75, 3.05) is 12.4 Å². The lowest BCUT2D eigenvalue weighted by Gasteiger charge is -2.21. The molecule has 0 aromatic heterocycles. The van der Waals surface area contributed by atoms with Gasteiger partial charge in [0.15, 0.2) is 23.0 Å². The van der Waals surface area contributed by atoms with Crippen molar-refractivity contribution >= 4 is 17.7 Å². The Hall–Kier alpha value is -3.29. The fourth-order valence-electron chi connectivity index (χ4n) is 3.63. The van der Waals surface area contributed by atoms with E-state index in [2.05, 4.69) is 10.1 Å². The van der Waals surface area contributed by atoms with Crippen molar-refractivity contribution in [1.29, 1.82) is 0 Å². The first-order valence-electron chi connectivity index (χ1n) is 9.60. The molecule has 1 fully saturated rings. The van der Waals surface area contributed by atoms with Crippen molar-refractivity contribution in [3.05, 3.63) is 48.0 Å². The van der Waals surface area contributed by atoms with Gasteiger partial charge < -0.3 is 24.3 Å². The van der Waals surface area contributed by atoms with Gasteiger partial charge in [-0.3, -0.25) is 4.79 Å². The molecular weight excluding hydrogens is 396 g/mol. The summed E-state index contributed by atoms with van der Waals surface area (Å²) >= 11 is 0. The van der Waals surface area contributed by atoms with E-state index < -0.39 is 12.4 Å². The zero-order valence-corrected chi connectivity index (χ0v) is 16.3. The van der Waals surface area contributed by atoms with Crippen molar-refractivity contribution in [2.24, 2.45) is 0 Å². The molecule has 1 aliphatic heterocycles. The molecule has 1 N–H and O–H groups in total. The number of methoxy groups -OCH3 is 1. The van der Waals surface area contributed by atoms with Crippen LogP contribution in [-0.4, -0.2) is 25.4 Å². The van der Waals surface area contributed by atoms with Gasteiger partial charge in [-0.2, -0.15) is 8.78 Å². The maximum atomic E-state index is 12.4. The van der Waals surface area contributed by atoms with Gasteiger partial charge in [0.05, 0.1) is 7.11 Å². The molecule has 30 heavy (non-hydrogen) atoms. The molecule has 2 aliphatic rings. The summed E-state index contributed by atoms with van der Waals surface area (Å²) < 4.78 is 46.2. The Labute approximate surface area is 172 Å².